The van der Waals surface area contributed by atoms with E-state index in [1.807, 2.05) is 42.5 Å². The van der Waals surface area contributed by atoms with Gasteiger partial charge in [-0.1, -0.05) is 24.3 Å². The molecule has 0 spiro atoms. The highest BCUT2D eigenvalue weighted by Gasteiger charge is 2.28. The van der Waals surface area contributed by atoms with Crippen molar-refractivity contribution in [1.29, 1.82) is 0 Å². The second-order valence-electron chi connectivity index (χ2n) is 7.78. The molecule has 1 unspecified atom stereocenters. The SMILES string of the molecule is Cc1cnc(NCCc2ccccn2)c(=O)n1CC(=O)NC1c2cccc3c1nccc23. The van der Waals surface area contributed by atoms with Gasteiger partial charge in [0.2, 0.25) is 5.91 Å². The predicted molar refractivity (Wildman–Crippen MR) is 121 cm³/mol. The number of hydrogen-bond acceptors (Lipinski definition) is 6. The number of carbonyl (C=O) groups is 1. The van der Waals surface area contributed by atoms with E-state index in [4.69, 9.17) is 0 Å². The van der Waals surface area contributed by atoms with E-state index in [0.717, 1.165) is 27.7 Å². The molecule has 1 atom stereocenters. The lowest BCUT2D eigenvalue weighted by Crippen LogP contribution is -2.36. The Morgan fingerprint density at radius 2 is 1.94 bits per heavy atom. The summed E-state index contributed by atoms with van der Waals surface area (Å²) < 4.78 is 1.44. The zero-order valence-corrected chi connectivity index (χ0v) is 17.6. The van der Waals surface area contributed by atoms with Gasteiger partial charge in [-0.15, -0.1) is 0 Å². The molecule has 160 valence electrons. The first-order valence-corrected chi connectivity index (χ1v) is 10.5. The molecule has 4 bridgehead atoms. The molecule has 0 radical (unpaired) electrons. The highest BCUT2D eigenvalue weighted by Crippen LogP contribution is 2.38. The number of nitrogens with zero attached hydrogens (tertiary/aromatic N) is 4. The largest absolute Gasteiger partial charge is 0.365 e. The summed E-state index contributed by atoms with van der Waals surface area (Å²) in [7, 11) is 0. The van der Waals surface area contributed by atoms with Crippen LogP contribution < -0.4 is 16.2 Å². The van der Waals surface area contributed by atoms with Crippen LogP contribution in [0.25, 0.3) is 10.8 Å². The molecular weight excluding hydrogens is 404 g/mol. The Morgan fingerprint density at radius 1 is 1.03 bits per heavy atom. The Kier molecular flexibility index (Phi) is 5.10. The third-order valence-electron chi connectivity index (χ3n) is 5.72. The average Bonchev–Trinajstić information content (AvgIpc) is 2.94. The molecule has 1 aliphatic rings. The van der Waals surface area contributed by atoms with Gasteiger partial charge in [0.05, 0.1) is 11.7 Å². The van der Waals surface area contributed by atoms with Gasteiger partial charge in [0, 0.05) is 48.3 Å². The molecule has 0 fully saturated rings. The molecule has 1 aliphatic carbocycles. The van der Waals surface area contributed by atoms with Gasteiger partial charge in [0.1, 0.15) is 6.54 Å². The van der Waals surface area contributed by atoms with E-state index >= 15 is 0 Å². The fourth-order valence-electron chi connectivity index (χ4n) is 4.12. The molecule has 32 heavy (non-hydrogen) atoms. The third-order valence-corrected chi connectivity index (χ3v) is 5.72. The van der Waals surface area contributed by atoms with Crippen molar-refractivity contribution >= 4 is 22.5 Å². The number of benzene rings is 1. The molecule has 2 N–H and O–H groups in total. The molecule has 0 saturated heterocycles. The number of anilines is 1. The summed E-state index contributed by atoms with van der Waals surface area (Å²) in [5.41, 5.74) is 3.09. The van der Waals surface area contributed by atoms with E-state index in [2.05, 4.69) is 25.6 Å². The van der Waals surface area contributed by atoms with Gasteiger partial charge in [0.25, 0.3) is 5.56 Å². The molecule has 0 saturated carbocycles. The van der Waals surface area contributed by atoms with Crippen LogP contribution in [0.1, 0.15) is 28.7 Å². The van der Waals surface area contributed by atoms with E-state index in [0.29, 0.717) is 18.7 Å². The Hall–Kier alpha value is -4.07. The molecule has 3 aromatic heterocycles. The van der Waals surface area contributed by atoms with Crippen molar-refractivity contribution in [3.05, 3.63) is 94.1 Å². The number of amides is 1. The molecule has 5 rings (SSSR count). The van der Waals surface area contributed by atoms with E-state index < -0.39 is 0 Å². The van der Waals surface area contributed by atoms with E-state index in [1.165, 1.54) is 4.57 Å². The van der Waals surface area contributed by atoms with Crippen molar-refractivity contribution in [3.63, 3.8) is 0 Å². The Bertz CT molecular complexity index is 1320. The molecule has 8 nitrogen and oxygen atoms in total. The topological polar surface area (TPSA) is 102 Å². The van der Waals surface area contributed by atoms with Gasteiger partial charge in [-0.2, -0.15) is 0 Å². The second-order valence-corrected chi connectivity index (χ2v) is 7.78. The first-order chi connectivity index (χ1) is 15.6. The highest BCUT2D eigenvalue weighted by atomic mass is 16.2. The monoisotopic (exact) mass is 426 g/mol. The number of pyridine rings is 2. The van der Waals surface area contributed by atoms with Gasteiger partial charge >= 0.3 is 0 Å². The van der Waals surface area contributed by atoms with Crippen LogP contribution in [0.5, 0.6) is 0 Å². The Balaban J connectivity index is 1.29. The first kappa shape index (κ1) is 19.9. The van der Waals surface area contributed by atoms with Crippen LogP contribution in [0.15, 0.2) is 65.8 Å². The van der Waals surface area contributed by atoms with Gasteiger partial charge in [0.15, 0.2) is 5.82 Å². The molecule has 0 aliphatic heterocycles. The van der Waals surface area contributed by atoms with Crippen LogP contribution >= 0.6 is 0 Å². The van der Waals surface area contributed by atoms with Gasteiger partial charge in [-0.05, 0) is 36.1 Å². The summed E-state index contributed by atoms with van der Waals surface area (Å²) in [4.78, 5) is 38.8. The van der Waals surface area contributed by atoms with Crippen molar-refractivity contribution in [1.82, 2.24) is 24.8 Å². The van der Waals surface area contributed by atoms with E-state index in [-0.39, 0.29) is 29.9 Å². The number of hydrogen-bond donors (Lipinski definition) is 2. The fourth-order valence-corrected chi connectivity index (χ4v) is 4.12. The first-order valence-electron chi connectivity index (χ1n) is 10.5. The second kappa shape index (κ2) is 8.22. The Morgan fingerprint density at radius 3 is 2.75 bits per heavy atom. The minimum Gasteiger partial charge on any atom is -0.365 e. The summed E-state index contributed by atoms with van der Waals surface area (Å²) in [6, 6.07) is 13.3. The lowest BCUT2D eigenvalue weighted by molar-refractivity contribution is -0.122. The number of carbonyl (C=O) groups excluding carboxylic acids is 1. The van der Waals surface area contributed by atoms with Crippen LogP contribution in [0.3, 0.4) is 0 Å². The highest BCUT2D eigenvalue weighted by molar-refractivity contribution is 5.94. The molecule has 1 aromatic carbocycles. The summed E-state index contributed by atoms with van der Waals surface area (Å²) in [6.07, 6.45) is 5.75. The quantitative estimate of drug-likeness (QED) is 0.470. The molecule has 1 amide bonds. The number of aromatic nitrogens is 4. The molecular formula is C24H22N6O2. The summed E-state index contributed by atoms with van der Waals surface area (Å²) in [5.74, 6) is -0.0349. The van der Waals surface area contributed by atoms with Crippen molar-refractivity contribution in [2.45, 2.75) is 25.9 Å². The van der Waals surface area contributed by atoms with Gasteiger partial charge in [-0.3, -0.25) is 24.1 Å². The van der Waals surface area contributed by atoms with Crippen LogP contribution in [0.4, 0.5) is 5.82 Å². The van der Waals surface area contributed by atoms with Crippen molar-refractivity contribution in [3.8, 4) is 0 Å². The van der Waals surface area contributed by atoms with Crippen molar-refractivity contribution in [2.24, 2.45) is 0 Å². The number of aryl methyl sites for hydroxylation is 1. The molecule has 8 heteroatoms. The predicted octanol–water partition coefficient (Wildman–Crippen LogP) is 2.37. The standard InChI is InChI=1S/C24H22N6O2/c1-15-13-28-23(27-11-8-16-5-2-3-10-25-16)24(32)30(15)14-20(31)29-22-19-7-4-6-18-17(19)9-12-26-21(18)22/h2-7,9-10,12-13,22H,8,11,14H2,1H3,(H,27,28)(H,29,31). The van der Waals surface area contributed by atoms with Crippen LogP contribution in [-0.2, 0) is 17.8 Å². The molecule has 4 aromatic rings. The smallest absolute Gasteiger partial charge is 0.293 e. The normalized spacial score (nSPS) is 14.1. The van der Waals surface area contributed by atoms with Crippen molar-refractivity contribution < 1.29 is 4.79 Å². The zero-order chi connectivity index (χ0) is 22.1. The van der Waals surface area contributed by atoms with Crippen LogP contribution in [-0.4, -0.2) is 32.0 Å². The number of rotatable bonds is 7. The average molecular weight is 426 g/mol. The Labute approximate surface area is 184 Å². The minimum absolute atomic E-state index is 0.0926. The van der Waals surface area contributed by atoms with Crippen LogP contribution in [0.2, 0.25) is 0 Å². The lowest BCUT2D eigenvalue weighted by atomic mass is 10.1. The van der Waals surface area contributed by atoms with E-state index in [9.17, 15) is 9.59 Å². The number of nitrogens with one attached hydrogen (secondary N) is 2. The maximum absolute atomic E-state index is 12.9. The van der Waals surface area contributed by atoms with Crippen LogP contribution in [0, 0.1) is 6.92 Å². The van der Waals surface area contributed by atoms with E-state index in [1.54, 1.807) is 25.5 Å². The molecule has 3 heterocycles. The zero-order valence-electron chi connectivity index (χ0n) is 17.6. The summed E-state index contributed by atoms with van der Waals surface area (Å²) in [5, 5.41) is 8.25. The maximum Gasteiger partial charge on any atom is 0.293 e. The van der Waals surface area contributed by atoms with Gasteiger partial charge < -0.3 is 10.6 Å². The third kappa shape index (κ3) is 3.60. The fraction of sp³-hybridized carbons (Fsp3) is 0.208. The maximum atomic E-state index is 12.9. The van der Waals surface area contributed by atoms with Gasteiger partial charge in [-0.25, -0.2) is 4.98 Å². The van der Waals surface area contributed by atoms with Crippen molar-refractivity contribution in [2.75, 3.05) is 11.9 Å². The lowest BCUT2D eigenvalue weighted by Gasteiger charge is -2.16. The summed E-state index contributed by atoms with van der Waals surface area (Å²) in [6.45, 7) is 2.19. The summed E-state index contributed by atoms with van der Waals surface area (Å²) >= 11 is 0. The minimum atomic E-state index is -0.325.